The molecule has 0 aliphatic rings. The Morgan fingerprint density at radius 2 is 1.88 bits per heavy atom. The first kappa shape index (κ1) is 10.2. The molecule has 0 saturated heterocycles. The third kappa shape index (κ3) is 1.75. The lowest BCUT2D eigenvalue weighted by Crippen LogP contribution is -2.13. The Balaban J connectivity index is 2.65. The summed E-state index contributed by atoms with van der Waals surface area (Å²) in [7, 11) is 0. The van der Waals surface area contributed by atoms with Crippen LogP contribution >= 0.6 is 0 Å². The monoisotopic (exact) mass is 219 g/mol. The quantitative estimate of drug-likeness (QED) is 0.676. The van der Waals surface area contributed by atoms with Gasteiger partial charge in [-0.15, -0.1) is 0 Å². The fourth-order valence-electron chi connectivity index (χ4n) is 1.45. The zero-order chi connectivity index (χ0) is 11.7. The van der Waals surface area contributed by atoms with Crippen molar-refractivity contribution in [2.24, 2.45) is 0 Å². The lowest BCUT2D eigenvalue weighted by Gasteiger charge is -2.06. The van der Waals surface area contributed by atoms with Crippen LogP contribution in [0.4, 0.5) is 15.8 Å². The van der Waals surface area contributed by atoms with E-state index in [-0.39, 0.29) is 5.69 Å². The van der Waals surface area contributed by atoms with Crippen molar-refractivity contribution in [3.05, 3.63) is 46.5 Å². The van der Waals surface area contributed by atoms with Crippen molar-refractivity contribution in [3.63, 3.8) is 0 Å². The van der Waals surface area contributed by atoms with Gasteiger partial charge in [0.1, 0.15) is 5.82 Å². The number of nitrogens with two attached hydrogens (primary N) is 2. The van der Waals surface area contributed by atoms with Crippen molar-refractivity contribution in [3.8, 4) is 11.3 Å². The summed E-state index contributed by atoms with van der Waals surface area (Å²) in [5.41, 5.74) is 11.9. The van der Waals surface area contributed by atoms with Crippen molar-refractivity contribution in [1.82, 2.24) is 4.98 Å². The molecule has 0 aliphatic carbocycles. The van der Waals surface area contributed by atoms with Gasteiger partial charge >= 0.3 is 0 Å². The summed E-state index contributed by atoms with van der Waals surface area (Å²) >= 11 is 0. The summed E-state index contributed by atoms with van der Waals surface area (Å²) in [4.78, 5) is 13.8. The van der Waals surface area contributed by atoms with Gasteiger partial charge < -0.3 is 16.5 Å². The fourth-order valence-corrected chi connectivity index (χ4v) is 1.45. The van der Waals surface area contributed by atoms with Crippen molar-refractivity contribution in [2.75, 3.05) is 11.5 Å². The predicted octanol–water partition coefficient (Wildman–Crippen LogP) is 1.35. The Labute approximate surface area is 90.7 Å². The molecule has 4 nitrogen and oxygen atoms in total. The van der Waals surface area contributed by atoms with Crippen molar-refractivity contribution >= 4 is 11.4 Å². The van der Waals surface area contributed by atoms with Crippen LogP contribution in [0.5, 0.6) is 0 Å². The number of nitrogens with one attached hydrogen (secondary N) is 1. The van der Waals surface area contributed by atoms with Crippen molar-refractivity contribution < 1.29 is 4.39 Å². The number of hydrogen-bond donors (Lipinski definition) is 3. The van der Waals surface area contributed by atoms with Gasteiger partial charge in [-0.1, -0.05) is 12.1 Å². The van der Waals surface area contributed by atoms with Crippen molar-refractivity contribution in [1.29, 1.82) is 0 Å². The Morgan fingerprint density at radius 1 is 1.12 bits per heavy atom. The minimum Gasteiger partial charge on any atom is -0.397 e. The smallest absolute Gasteiger partial charge is 0.271 e. The van der Waals surface area contributed by atoms with Crippen LogP contribution in [-0.4, -0.2) is 4.98 Å². The number of pyridine rings is 1. The van der Waals surface area contributed by atoms with E-state index in [1.807, 2.05) is 0 Å². The maximum Gasteiger partial charge on any atom is 0.271 e. The van der Waals surface area contributed by atoms with Gasteiger partial charge in [0.05, 0.1) is 17.1 Å². The Kier molecular flexibility index (Phi) is 2.36. The highest BCUT2D eigenvalue weighted by atomic mass is 19.1. The zero-order valence-electron chi connectivity index (χ0n) is 8.33. The maximum absolute atomic E-state index is 13.0. The number of aromatic nitrogens is 1. The van der Waals surface area contributed by atoms with E-state index in [2.05, 4.69) is 4.98 Å². The second kappa shape index (κ2) is 3.69. The van der Waals surface area contributed by atoms with E-state index in [1.54, 1.807) is 12.1 Å². The SMILES string of the molecule is Nc1cc(N)c(=O)[nH]c1-c1cccc(F)c1. The second-order valence-corrected chi connectivity index (χ2v) is 3.39. The lowest BCUT2D eigenvalue weighted by molar-refractivity contribution is 0.628. The fraction of sp³-hybridized carbons (Fsp3) is 0. The maximum atomic E-state index is 13.0. The number of rotatable bonds is 1. The number of benzene rings is 1. The topological polar surface area (TPSA) is 84.9 Å². The highest BCUT2D eigenvalue weighted by Crippen LogP contribution is 2.23. The predicted molar refractivity (Wildman–Crippen MR) is 61.3 cm³/mol. The molecule has 0 aliphatic heterocycles. The molecule has 1 heterocycles. The molecule has 16 heavy (non-hydrogen) atoms. The van der Waals surface area contributed by atoms with E-state index in [0.717, 1.165) is 0 Å². The molecule has 82 valence electrons. The molecule has 0 unspecified atom stereocenters. The van der Waals surface area contributed by atoms with Crippen LogP contribution in [0.25, 0.3) is 11.3 Å². The molecule has 0 amide bonds. The summed E-state index contributed by atoms with van der Waals surface area (Å²) in [6, 6.07) is 7.16. The number of anilines is 2. The Bertz CT molecular complexity index is 592. The van der Waals surface area contributed by atoms with Gasteiger partial charge in [-0.3, -0.25) is 4.79 Å². The van der Waals surface area contributed by atoms with E-state index >= 15 is 0 Å². The molecule has 1 aromatic heterocycles. The van der Waals surface area contributed by atoms with Gasteiger partial charge in [0.25, 0.3) is 5.56 Å². The Morgan fingerprint density at radius 3 is 2.56 bits per heavy atom. The average molecular weight is 219 g/mol. The highest BCUT2D eigenvalue weighted by molar-refractivity contribution is 5.74. The zero-order valence-corrected chi connectivity index (χ0v) is 8.33. The van der Waals surface area contributed by atoms with Gasteiger partial charge in [-0.2, -0.15) is 0 Å². The first-order valence-electron chi connectivity index (χ1n) is 4.62. The first-order valence-corrected chi connectivity index (χ1v) is 4.62. The van der Waals surface area contributed by atoms with E-state index < -0.39 is 11.4 Å². The number of H-pyrrole nitrogens is 1. The summed E-state index contributed by atoms with van der Waals surface area (Å²) in [5, 5.41) is 0. The summed E-state index contributed by atoms with van der Waals surface area (Å²) in [6.45, 7) is 0. The summed E-state index contributed by atoms with van der Waals surface area (Å²) in [5.74, 6) is -0.394. The van der Waals surface area contributed by atoms with Crippen LogP contribution in [-0.2, 0) is 0 Å². The molecule has 2 aromatic rings. The first-order chi connectivity index (χ1) is 7.58. The van der Waals surface area contributed by atoms with Crippen LogP contribution in [0, 0.1) is 5.82 Å². The normalized spacial score (nSPS) is 10.3. The molecular weight excluding hydrogens is 209 g/mol. The van der Waals surface area contributed by atoms with Crippen LogP contribution in [0.2, 0.25) is 0 Å². The molecule has 2 rings (SSSR count). The van der Waals surface area contributed by atoms with Crippen LogP contribution < -0.4 is 17.0 Å². The number of nitrogen functional groups attached to an aromatic ring is 2. The van der Waals surface area contributed by atoms with Gasteiger partial charge in [0.15, 0.2) is 0 Å². The van der Waals surface area contributed by atoms with E-state index in [9.17, 15) is 9.18 Å². The molecule has 0 atom stereocenters. The molecule has 0 bridgehead atoms. The van der Waals surface area contributed by atoms with Crippen LogP contribution in [0.1, 0.15) is 0 Å². The highest BCUT2D eigenvalue weighted by Gasteiger charge is 2.06. The minimum absolute atomic E-state index is 0.0395. The summed E-state index contributed by atoms with van der Waals surface area (Å²) in [6.07, 6.45) is 0. The van der Waals surface area contributed by atoms with Crippen molar-refractivity contribution in [2.45, 2.75) is 0 Å². The van der Waals surface area contributed by atoms with Gasteiger partial charge in [-0.25, -0.2) is 4.39 Å². The van der Waals surface area contributed by atoms with E-state index in [1.165, 1.54) is 18.2 Å². The third-order valence-electron chi connectivity index (χ3n) is 2.21. The largest absolute Gasteiger partial charge is 0.397 e. The van der Waals surface area contributed by atoms with Gasteiger partial charge in [0.2, 0.25) is 0 Å². The number of halogens is 1. The molecular formula is C11H10FN3O. The van der Waals surface area contributed by atoms with E-state index in [0.29, 0.717) is 16.9 Å². The lowest BCUT2D eigenvalue weighted by atomic mass is 10.1. The van der Waals surface area contributed by atoms with E-state index in [4.69, 9.17) is 11.5 Å². The molecule has 0 radical (unpaired) electrons. The second-order valence-electron chi connectivity index (χ2n) is 3.39. The Hall–Kier alpha value is -2.30. The minimum atomic E-state index is -0.437. The molecule has 0 fully saturated rings. The standard InChI is InChI=1S/C11H10FN3O/c12-7-3-1-2-6(4-7)10-8(13)5-9(14)11(16)15-10/h1-5H,13-14H2,(H,15,16). The van der Waals surface area contributed by atoms with Gasteiger partial charge in [-0.05, 0) is 18.2 Å². The molecule has 0 spiro atoms. The molecule has 0 saturated carbocycles. The third-order valence-corrected chi connectivity index (χ3v) is 2.21. The molecule has 1 aromatic carbocycles. The van der Waals surface area contributed by atoms with Gasteiger partial charge in [0, 0.05) is 5.56 Å². The number of aromatic amines is 1. The average Bonchev–Trinajstić information content (AvgIpc) is 2.23. The van der Waals surface area contributed by atoms with Crippen LogP contribution in [0.3, 0.4) is 0 Å². The number of hydrogen-bond acceptors (Lipinski definition) is 3. The summed E-state index contributed by atoms with van der Waals surface area (Å²) < 4.78 is 13.0. The van der Waals surface area contributed by atoms with Crippen LogP contribution in [0.15, 0.2) is 35.1 Å². The molecule has 5 heteroatoms. The molecule has 5 N–H and O–H groups in total.